The molecular weight excluding hydrogens is 266 g/mol. The smallest absolute Gasteiger partial charge is 0.306 e. The normalized spacial score (nSPS) is 11.8. The number of carbonyl (C=O) groups excluding carboxylic acids is 1. The minimum absolute atomic E-state index is 0.158. The first kappa shape index (κ1) is 15.6. The topological polar surface area (TPSA) is 57.7 Å². The Morgan fingerprint density at radius 1 is 1.37 bits per heavy atom. The van der Waals surface area contributed by atoms with E-state index in [1.165, 1.54) is 7.11 Å². The van der Waals surface area contributed by atoms with Crippen molar-refractivity contribution in [2.45, 2.75) is 24.3 Å². The third-order valence-electron chi connectivity index (χ3n) is 2.55. The lowest BCUT2D eigenvalue weighted by Crippen LogP contribution is -2.09. The van der Waals surface area contributed by atoms with Gasteiger partial charge in [0.25, 0.3) is 0 Å². The van der Waals surface area contributed by atoms with Gasteiger partial charge in [-0.3, -0.25) is 9.78 Å². The number of ether oxygens (including phenoxy) is 3. The number of methoxy groups -OCH3 is 3. The van der Waals surface area contributed by atoms with Gasteiger partial charge in [-0.25, -0.2) is 0 Å². The fourth-order valence-corrected chi connectivity index (χ4v) is 2.45. The first-order valence-corrected chi connectivity index (χ1v) is 6.91. The number of aromatic nitrogens is 1. The van der Waals surface area contributed by atoms with Gasteiger partial charge in [-0.2, -0.15) is 11.8 Å². The summed E-state index contributed by atoms with van der Waals surface area (Å²) in [7, 11) is 4.58. The Labute approximate surface area is 117 Å². The number of carbonyl (C=O) groups is 1. The second-order valence-electron chi connectivity index (χ2n) is 3.90. The van der Waals surface area contributed by atoms with E-state index in [9.17, 15) is 4.79 Å². The van der Waals surface area contributed by atoms with Crippen molar-refractivity contribution < 1.29 is 19.0 Å². The number of pyridine rings is 1. The number of hydrogen-bond donors (Lipinski definition) is 0. The molecule has 0 fully saturated rings. The van der Waals surface area contributed by atoms with E-state index in [1.807, 2.05) is 6.92 Å². The summed E-state index contributed by atoms with van der Waals surface area (Å²) in [6.07, 6.45) is 2.07. The van der Waals surface area contributed by atoms with Crippen LogP contribution in [0.2, 0.25) is 0 Å². The van der Waals surface area contributed by atoms with Crippen molar-refractivity contribution in [3.05, 3.63) is 18.0 Å². The van der Waals surface area contributed by atoms with Crippen LogP contribution in [0.4, 0.5) is 0 Å². The molecule has 0 bridgehead atoms. The van der Waals surface area contributed by atoms with E-state index < -0.39 is 0 Å². The lowest BCUT2D eigenvalue weighted by molar-refractivity contribution is -0.140. The summed E-state index contributed by atoms with van der Waals surface area (Å²) in [5, 5.41) is 0.158. The van der Waals surface area contributed by atoms with Gasteiger partial charge in [-0.1, -0.05) is 6.92 Å². The Morgan fingerprint density at radius 2 is 2.11 bits per heavy atom. The van der Waals surface area contributed by atoms with Crippen molar-refractivity contribution in [3.8, 4) is 11.5 Å². The molecule has 0 N–H and O–H groups in total. The minimum atomic E-state index is -0.203. The molecule has 0 aliphatic heterocycles. The van der Waals surface area contributed by atoms with E-state index in [0.29, 0.717) is 23.7 Å². The SMILES string of the molecule is COC(=O)CC(C)SCc1nccc(OC)c1OC. The maximum Gasteiger partial charge on any atom is 0.306 e. The van der Waals surface area contributed by atoms with E-state index in [4.69, 9.17) is 9.47 Å². The standard InChI is InChI=1S/C13H19NO4S/c1-9(7-12(15)17-3)19-8-10-13(18-4)11(16-2)5-6-14-10/h5-6,9H,7-8H2,1-4H3. The molecule has 0 aliphatic carbocycles. The molecule has 1 atom stereocenters. The molecule has 0 saturated carbocycles. The van der Waals surface area contributed by atoms with Gasteiger partial charge in [0.1, 0.15) is 0 Å². The number of hydrogen-bond acceptors (Lipinski definition) is 6. The van der Waals surface area contributed by atoms with Gasteiger partial charge in [0.2, 0.25) is 0 Å². The Morgan fingerprint density at radius 3 is 2.68 bits per heavy atom. The average molecular weight is 285 g/mol. The first-order chi connectivity index (χ1) is 9.12. The summed E-state index contributed by atoms with van der Waals surface area (Å²) in [6, 6.07) is 1.75. The number of esters is 1. The van der Waals surface area contributed by atoms with Crippen LogP contribution in [0.15, 0.2) is 12.3 Å². The summed E-state index contributed by atoms with van der Waals surface area (Å²) >= 11 is 1.62. The Bertz CT molecular complexity index is 425. The van der Waals surface area contributed by atoms with Crippen LogP contribution in [0.5, 0.6) is 11.5 Å². The highest BCUT2D eigenvalue weighted by Gasteiger charge is 2.14. The monoisotopic (exact) mass is 285 g/mol. The van der Waals surface area contributed by atoms with Gasteiger partial charge in [0.05, 0.1) is 33.4 Å². The highest BCUT2D eigenvalue weighted by Crippen LogP contribution is 2.32. The molecule has 1 unspecified atom stereocenters. The summed E-state index contributed by atoms with van der Waals surface area (Å²) in [5.41, 5.74) is 0.809. The predicted octanol–water partition coefficient (Wildman–Crippen LogP) is 2.28. The van der Waals surface area contributed by atoms with Gasteiger partial charge in [-0.15, -0.1) is 0 Å². The van der Waals surface area contributed by atoms with Gasteiger partial charge < -0.3 is 14.2 Å². The highest BCUT2D eigenvalue weighted by molar-refractivity contribution is 7.99. The quantitative estimate of drug-likeness (QED) is 0.716. The van der Waals surface area contributed by atoms with Crippen LogP contribution in [-0.4, -0.2) is 37.5 Å². The zero-order valence-corrected chi connectivity index (χ0v) is 12.5. The second-order valence-corrected chi connectivity index (χ2v) is 5.32. The number of nitrogens with zero attached hydrogens (tertiary/aromatic N) is 1. The maximum atomic E-state index is 11.2. The molecule has 0 radical (unpaired) electrons. The van der Waals surface area contributed by atoms with Crippen LogP contribution in [0.25, 0.3) is 0 Å². The van der Waals surface area contributed by atoms with Gasteiger partial charge in [0.15, 0.2) is 11.5 Å². The third-order valence-corrected chi connectivity index (χ3v) is 3.73. The predicted molar refractivity (Wildman–Crippen MR) is 74.7 cm³/mol. The molecule has 106 valence electrons. The van der Waals surface area contributed by atoms with E-state index in [0.717, 1.165) is 5.69 Å². The average Bonchev–Trinajstić information content (AvgIpc) is 2.44. The van der Waals surface area contributed by atoms with Crippen LogP contribution in [0.3, 0.4) is 0 Å². The summed E-state index contributed by atoms with van der Waals surface area (Å²) in [6.45, 7) is 1.98. The Balaban J connectivity index is 2.64. The van der Waals surface area contributed by atoms with Crippen LogP contribution in [-0.2, 0) is 15.3 Å². The number of thioether (sulfide) groups is 1. The molecule has 1 aromatic rings. The lowest BCUT2D eigenvalue weighted by Gasteiger charge is -2.13. The molecular formula is C13H19NO4S. The summed E-state index contributed by atoms with van der Waals surface area (Å²) in [4.78, 5) is 15.4. The van der Waals surface area contributed by atoms with Crippen LogP contribution in [0, 0.1) is 0 Å². The molecule has 0 spiro atoms. The first-order valence-electron chi connectivity index (χ1n) is 5.86. The molecule has 0 aromatic carbocycles. The molecule has 1 heterocycles. The Hall–Kier alpha value is -1.43. The van der Waals surface area contributed by atoms with Crippen LogP contribution in [0.1, 0.15) is 19.0 Å². The largest absolute Gasteiger partial charge is 0.493 e. The van der Waals surface area contributed by atoms with Crippen molar-refractivity contribution in [2.24, 2.45) is 0 Å². The van der Waals surface area contributed by atoms with Crippen LogP contribution < -0.4 is 9.47 Å². The van der Waals surface area contributed by atoms with Crippen molar-refractivity contribution in [1.82, 2.24) is 4.98 Å². The van der Waals surface area contributed by atoms with Gasteiger partial charge in [-0.05, 0) is 0 Å². The van der Waals surface area contributed by atoms with Crippen molar-refractivity contribution in [2.75, 3.05) is 21.3 Å². The molecule has 0 aliphatic rings. The zero-order chi connectivity index (χ0) is 14.3. The third kappa shape index (κ3) is 4.63. The number of rotatable bonds is 7. The molecule has 6 heteroatoms. The molecule has 1 aromatic heterocycles. The van der Waals surface area contributed by atoms with E-state index in [1.54, 1.807) is 38.2 Å². The Kier molecular flexibility index (Phi) is 6.49. The fourth-order valence-electron chi connectivity index (χ4n) is 1.55. The molecule has 5 nitrogen and oxygen atoms in total. The summed E-state index contributed by atoms with van der Waals surface area (Å²) < 4.78 is 15.2. The van der Waals surface area contributed by atoms with Gasteiger partial charge in [0, 0.05) is 23.3 Å². The van der Waals surface area contributed by atoms with Crippen molar-refractivity contribution in [1.29, 1.82) is 0 Å². The lowest BCUT2D eigenvalue weighted by atomic mass is 10.3. The zero-order valence-electron chi connectivity index (χ0n) is 11.6. The molecule has 19 heavy (non-hydrogen) atoms. The molecule has 0 saturated heterocycles. The second kappa shape index (κ2) is 7.89. The van der Waals surface area contributed by atoms with Crippen molar-refractivity contribution in [3.63, 3.8) is 0 Å². The van der Waals surface area contributed by atoms with E-state index >= 15 is 0 Å². The fraction of sp³-hybridized carbons (Fsp3) is 0.538. The summed E-state index contributed by atoms with van der Waals surface area (Å²) in [5.74, 6) is 1.75. The van der Waals surface area contributed by atoms with E-state index in [2.05, 4.69) is 9.72 Å². The minimum Gasteiger partial charge on any atom is -0.493 e. The molecule has 1 rings (SSSR count). The van der Waals surface area contributed by atoms with Gasteiger partial charge >= 0.3 is 5.97 Å². The highest BCUT2D eigenvalue weighted by atomic mass is 32.2. The molecule has 0 amide bonds. The van der Waals surface area contributed by atoms with Crippen molar-refractivity contribution >= 4 is 17.7 Å². The van der Waals surface area contributed by atoms with Crippen LogP contribution >= 0.6 is 11.8 Å². The van der Waals surface area contributed by atoms with E-state index in [-0.39, 0.29) is 11.2 Å². The maximum absolute atomic E-state index is 11.2.